The van der Waals surface area contributed by atoms with Crippen LogP contribution >= 0.6 is 11.8 Å². The summed E-state index contributed by atoms with van der Waals surface area (Å²) in [7, 11) is 1.63. The van der Waals surface area contributed by atoms with Crippen LogP contribution in [0.15, 0.2) is 35.6 Å². The Morgan fingerprint density at radius 3 is 2.56 bits per heavy atom. The molecule has 0 unspecified atom stereocenters. The Morgan fingerprint density at radius 1 is 1.32 bits per heavy atom. The number of imidazole rings is 1. The number of aliphatic hydroxyl groups excluding tert-OH is 1. The van der Waals surface area contributed by atoms with E-state index in [2.05, 4.69) is 10.3 Å². The topological polar surface area (TPSA) is 76.4 Å². The minimum absolute atomic E-state index is 0.0398. The van der Waals surface area contributed by atoms with Crippen LogP contribution in [0.2, 0.25) is 0 Å². The zero-order chi connectivity index (χ0) is 18.4. The van der Waals surface area contributed by atoms with E-state index in [4.69, 9.17) is 4.74 Å². The normalized spacial score (nSPS) is 11.4. The van der Waals surface area contributed by atoms with E-state index in [0.29, 0.717) is 17.4 Å². The van der Waals surface area contributed by atoms with E-state index in [1.165, 1.54) is 11.8 Å². The van der Waals surface area contributed by atoms with Crippen molar-refractivity contribution in [3.05, 3.63) is 41.7 Å². The summed E-state index contributed by atoms with van der Waals surface area (Å²) < 4.78 is 7.12. The second-order valence-corrected chi connectivity index (χ2v) is 7.68. The fourth-order valence-electron chi connectivity index (χ4n) is 2.27. The maximum atomic E-state index is 12.0. The first-order valence-electron chi connectivity index (χ1n) is 8.04. The molecule has 7 heteroatoms. The second-order valence-electron chi connectivity index (χ2n) is 6.74. The molecular weight excluding hydrogens is 338 g/mol. The summed E-state index contributed by atoms with van der Waals surface area (Å²) in [5.41, 5.74) is 1.42. The van der Waals surface area contributed by atoms with Crippen LogP contribution in [0.5, 0.6) is 5.75 Å². The SMILES string of the molecule is COc1ccc(Cn2cc(CO)nc2SCC(=O)NC(C)(C)C)cc1. The number of thioether (sulfide) groups is 1. The Balaban J connectivity index is 2.07. The molecular formula is C18H25N3O3S. The van der Waals surface area contributed by atoms with Crippen LogP contribution in [0.3, 0.4) is 0 Å². The zero-order valence-electron chi connectivity index (χ0n) is 15.1. The van der Waals surface area contributed by atoms with Gasteiger partial charge in [0.15, 0.2) is 5.16 Å². The van der Waals surface area contributed by atoms with Crippen molar-refractivity contribution in [3.8, 4) is 5.75 Å². The molecule has 0 aliphatic heterocycles. The first-order chi connectivity index (χ1) is 11.8. The van der Waals surface area contributed by atoms with E-state index in [1.807, 2.05) is 55.8 Å². The van der Waals surface area contributed by atoms with E-state index < -0.39 is 0 Å². The molecule has 0 saturated carbocycles. The largest absolute Gasteiger partial charge is 0.497 e. The van der Waals surface area contributed by atoms with Crippen molar-refractivity contribution < 1.29 is 14.6 Å². The average molecular weight is 363 g/mol. The van der Waals surface area contributed by atoms with Gasteiger partial charge in [-0.25, -0.2) is 4.98 Å². The Morgan fingerprint density at radius 2 is 2.00 bits per heavy atom. The number of methoxy groups -OCH3 is 1. The molecule has 0 aliphatic carbocycles. The minimum atomic E-state index is -0.258. The maximum Gasteiger partial charge on any atom is 0.230 e. The number of rotatable bonds is 7. The van der Waals surface area contributed by atoms with Gasteiger partial charge < -0.3 is 19.7 Å². The van der Waals surface area contributed by atoms with Crippen molar-refractivity contribution in [3.63, 3.8) is 0 Å². The van der Waals surface area contributed by atoms with Crippen LogP contribution in [-0.4, -0.2) is 39.0 Å². The van der Waals surface area contributed by atoms with E-state index in [0.717, 1.165) is 11.3 Å². The third-order valence-corrected chi connectivity index (χ3v) is 4.30. The van der Waals surface area contributed by atoms with E-state index in [1.54, 1.807) is 7.11 Å². The van der Waals surface area contributed by atoms with Gasteiger partial charge in [0.05, 0.1) is 25.2 Å². The van der Waals surface area contributed by atoms with Crippen molar-refractivity contribution in [2.75, 3.05) is 12.9 Å². The molecule has 0 fully saturated rings. The number of aromatic nitrogens is 2. The number of carbonyl (C=O) groups is 1. The Hall–Kier alpha value is -1.99. The highest BCUT2D eigenvalue weighted by molar-refractivity contribution is 7.99. The summed E-state index contributed by atoms with van der Waals surface area (Å²) in [6.45, 7) is 6.33. The monoisotopic (exact) mass is 363 g/mol. The fraction of sp³-hybridized carbons (Fsp3) is 0.444. The Bertz CT molecular complexity index is 705. The van der Waals surface area contributed by atoms with Gasteiger partial charge in [0, 0.05) is 18.3 Å². The molecule has 25 heavy (non-hydrogen) atoms. The lowest BCUT2D eigenvalue weighted by Gasteiger charge is -2.20. The van der Waals surface area contributed by atoms with Crippen molar-refractivity contribution in [1.29, 1.82) is 0 Å². The summed E-state index contributed by atoms with van der Waals surface area (Å²) in [6.07, 6.45) is 1.81. The number of amides is 1. The van der Waals surface area contributed by atoms with Gasteiger partial charge in [-0.2, -0.15) is 0 Å². The molecule has 2 aromatic rings. The first-order valence-corrected chi connectivity index (χ1v) is 9.03. The van der Waals surface area contributed by atoms with E-state index >= 15 is 0 Å². The van der Waals surface area contributed by atoms with E-state index in [9.17, 15) is 9.90 Å². The predicted molar refractivity (Wildman–Crippen MR) is 98.9 cm³/mol. The lowest BCUT2D eigenvalue weighted by Crippen LogP contribution is -2.41. The van der Waals surface area contributed by atoms with Gasteiger partial charge in [0.25, 0.3) is 0 Å². The lowest BCUT2D eigenvalue weighted by molar-refractivity contribution is -0.119. The third-order valence-electron chi connectivity index (χ3n) is 3.31. The van der Waals surface area contributed by atoms with Crippen molar-refractivity contribution in [2.45, 2.75) is 44.6 Å². The zero-order valence-corrected chi connectivity index (χ0v) is 15.9. The van der Waals surface area contributed by atoms with Gasteiger partial charge in [0.1, 0.15) is 5.75 Å². The number of hydrogen-bond donors (Lipinski definition) is 2. The molecule has 0 bridgehead atoms. The van der Waals surface area contributed by atoms with Crippen LogP contribution in [0.1, 0.15) is 32.0 Å². The average Bonchev–Trinajstić information content (AvgIpc) is 2.94. The number of nitrogens with one attached hydrogen (secondary N) is 1. The number of aliphatic hydroxyl groups is 1. The highest BCUT2D eigenvalue weighted by Gasteiger charge is 2.16. The van der Waals surface area contributed by atoms with Crippen molar-refractivity contribution in [1.82, 2.24) is 14.9 Å². The number of benzene rings is 1. The number of nitrogens with zero attached hydrogens (tertiary/aromatic N) is 2. The molecule has 0 atom stereocenters. The first kappa shape index (κ1) is 19.3. The van der Waals surface area contributed by atoms with Crippen LogP contribution in [0, 0.1) is 0 Å². The van der Waals surface area contributed by atoms with Gasteiger partial charge in [-0.05, 0) is 38.5 Å². The summed E-state index contributed by atoms with van der Waals surface area (Å²) in [4.78, 5) is 16.4. The molecule has 6 nitrogen and oxygen atoms in total. The molecule has 1 aromatic carbocycles. The quantitative estimate of drug-likeness (QED) is 0.739. The van der Waals surface area contributed by atoms with Crippen LogP contribution in [-0.2, 0) is 17.9 Å². The summed E-state index contributed by atoms with van der Waals surface area (Å²) in [5.74, 6) is 1.04. The molecule has 0 radical (unpaired) electrons. The van der Waals surface area contributed by atoms with Gasteiger partial charge in [0.2, 0.25) is 5.91 Å². The lowest BCUT2D eigenvalue weighted by atomic mass is 10.1. The molecule has 2 rings (SSSR count). The number of ether oxygens (including phenoxy) is 1. The fourth-order valence-corrected chi connectivity index (χ4v) is 3.07. The molecule has 2 N–H and O–H groups in total. The van der Waals surface area contributed by atoms with Gasteiger partial charge >= 0.3 is 0 Å². The smallest absolute Gasteiger partial charge is 0.230 e. The second kappa shape index (κ2) is 8.40. The van der Waals surface area contributed by atoms with Gasteiger partial charge in [-0.1, -0.05) is 23.9 Å². The predicted octanol–water partition coefficient (Wildman–Crippen LogP) is 2.44. The molecule has 1 amide bonds. The molecule has 1 aromatic heterocycles. The van der Waals surface area contributed by atoms with Crippen LogP contribution < -0.4 is 10.1 Å². The maximum absolute atomic E-state index is 12.0. The highest BCUT2D eigenvalue weighted by Crippen LogP contribution is 2.20. The third kappa shape index (κ3) is 6.10. The summed E-state index contributed by atoms with van der Waals surface area (Å²) >= 11 is 1.36. The van der Waals surface area contributed by atoms with Gasteiger partial charge in [-0.15, -0.1) is 0 Å². The van der Waals surface area contributed by atoms with Gasteiger partial charge in [-0.3, -0.25) is 4.79 Å². The van der Waals surface area contributed by atoms with Crippen LogP contribution in [0.4, 0.5) is 0 Å². The van der Waals surface area contributed by atoms with Crippen molar-refractivity contribution in [2.24, 2.45) is 0 Å². The number of carbonyl (C=O) groups excluding carboxylic acids is 1. The molecule has 0 aliphatic rings. The molecule has 136 valence electrons. The standard InChI is InChI=1S/C18H25N3O3S/c1-18(2,3)20-16(23)12-25-17-19-14(11-22)10-21(17)9-13-5-7-15(24-4)8-6-13/h5-8,10,22H,9,11-12H2,1-4H3,(H,20,23). The summed E-state index contributed by atoms with van der Waals surface area (Å²) in [6, 6.07) is 7.78. The minimum Gasteiger partial charge on any atom is -0.497 e. The van der Waals surface area contributed by atoms with Crippen molar-refractivity contribution >= 4 is 17.7 Å². The highest BCUT2D eigenvalue weighted by atomic mass is 32.2. The molecule has 1 heterocycles. The summed E-state index contributed by atoms with van der Waals surface area (Å²) in [5, 5.41) is 13.0. The van der Waals surface area contributed by atoms with Crippen LogP contribution in [0.25, 0.3) is 0 Å². The van der Waals surface area contributed by atoms with E-state index in [-0.39, 0.29) is 23.8 Å². The Kier molecular flexibility index (Phi) is 6.50. The molecule has 0 spiro atoms. The number of hydrogen-bond acceptors (Lipinski definition) is 5. The Labute approximate surface area is 152 Å². The molecule has 0 saturated heterocycles.